The third-order valence-electron chi connectivity index (χ3n) is 4.41. The van der Waals surface area contributed by atoms with Crippen molar-refractivity contribution >= 4 is 44.9 Å². The fraction of sp³-hybridized carbons (Fsp3) is 0.316. The Bertz CT molecular complexity index is 940. The van der Waals surface area contributed by atoms with Crippen LogP contribution < -0.4 is 5.32 Å². The number of halogens is 1. The number of thiophene rings is 1. The number of anilines is 1. The van der Waals surface area contributed by atoms with Crippen LogP contribution in [0.15, 0.2) is 35.6 Å². The quantitative estimate of drug-likeness (QED) is 0.503. The lowest BCUT2D eigenvalue weighted by Gasteiger charge is -2.11. The van der Waals surface area contributed by atoms with E-state index in [1.165, 1.54) is 40.8 Å². The Hall–Kier alpha value is -1.99. The van der Waals surface area contributed by atoms with Gasteiger partial charge in [-0.05, 0) is 55.5 Å². The summed E-state index contributed by atoms with van der Waals surface area (Å²) in [5, 5.41) is 4.95. The fourth-order valence-electron chi connectivity index (χ4n) is 3.17. The van der Waals surface area contributed by atoms with Gasteiger partial charge < -0.3 is 5.32 Å². The van der Waals surface area contributed by atoms with Gasteiger partial charge in [0.25, 0.3) is 0 Å². The van der Waals surface area contributed by atoms with E-state index in [2.05, 4.69) is 15.3 Å². The summed E-state index contributed by atoms with van der Waals surface area (Å²) in [7, 11) is 0. The van der Waals surface area contributed by atoms with E-state index < -0.39 is 0 Å². The molecule has 0 saturated heterocycles. The maximum Gasteiger partial charge on any atom is 0.225 e. The van der Waals surface area contributed by atoms with Gasteiger partial charge in [0.1, 0.15) is 22.0 Å². The number of nitrogens with one attached hydrogen (secondary N) is 1. The molecule has 1 aliphatic carbocycles. The first-order valence-corrected chi connectivity index (χ1v) is 10.4. The van der Waals surface area contributed by atoms with Crippen LogP contribution in [-0.2, 0) is 17.6 Å². The number of hydrogen-bond acceptors (Lipinski definition) is 5. The molecule has 2 heterocycles. The van der Waals surface area contributed by atoms with Crippen LogP contribution >= 0.6 is 23.1 Å². The number of benzene rings is 1. The second kappa shape index (κ2) is 7.72. The van der Waals surface area contributed by atoms with Gasteiger partial charge >= 0.3 is 0 Å². The fourth-order valence-corrected chi connectivity index (χ4v) is 5.43. The molecule has 0 bridgehead atoms. The maximum absolute atomic E-state index is 12.9. The highest BCUT2D eigenvalue weighted by molar-refractivity contribution is 7.99. The van der Waals surface area contributed by atoms with Gasteiger partial charge in [-0.15, -0.1) is 23.1 Å². The van der Waals surface area contributed by atoms with Crippen molar-refractivity contribution in [3.8, 4) is 0 Å². The summed E-state index contributed by atoms with van der Waals surface area (Å²) in [5.41, 5.74) is 2.02. The zero-order chi connectivity index (χ0) is 17.9. The monoisotopic (exact) mass is 387 g/mol. The van der Waals surface area contributed by atoms with Crippen molar-refractivity contribution in [1.29, 1.82) is 0 Å². The number of thioether (sulfide) groups is 1. The zero-order valence-electron chi connectivity index (χ0n) is 14.1. The zero-order valence-corrected chi connectivity index (χ0v) is 15.8. The van der Waals surface area contributed by atoms with Gasteiger partial charge in [-0.25, -0.2) is 14.4 Å². The maximum atomic E-state index is 12.9. The van der Waals surface area contributed by atoms with Crippen LogP contribution in [0.2, 0.25) is 0 Å². The second-order valence-electron chi connectivity index (χ2n) is 6.22. The molecule has 2 aromatic heterocycles. The Labute approximate surface area is 159 Å². The van der Waals surface area contributed by atoms with Crippen molar-refractivity contribution in [2.75, 3.05) is 11.1 Å². The number of nitrogens with zero attached hydrogens (tertiary/aromatic N) is 2. The van der Waals surface area contributed by atoms with Gasteiger partial charge in [0.15, 0.2) is 0 Å². The van der Waals surface area contributed by atoms with Crippen LogP contribution in [0.3, 0.4) is 0 Å². The molecular formula is C19H18FN3OS2. The smallest absolute Gasteiger partial charge is 0.225 e. The van der Waals surface area contributed by atoms with E-state index in [9.17, 15) is 9.18 Å². The van der Waals surface area contributed by atoms with E-state index in [4.69, 9.17) is 0 Å². The minimum Gasteiger partial charge on any atom is -0.326 e. The van der Waals surface area contributed by atoms with Gasteiger partial charge in [-0.2, -0.15) is 0 Å². The highest BCUT2D eigenvalue weighted by atomic mass is 32.2. The molecule has 1 aromatic carbocycles. The third kappa shape index (κ3) is 3.73. The van der Waals surface area contributed by atoms with E-state index >= 15 is 0 Å². The average molecular weight is 388 g/mol. The van der Waals surface area contributed by atoms with E-state index in [0.29, 0.717) is 17.9 Å². The summed E-state index contributed by atoms with van der Waals surface area (Å²) < 4.78 is 12.9. The molecule has 0 saturated carbocycles. The summed E-state index contributed by atoms with van der Waals surface area (Å²) in [5.74, 6) is 0.246. The summed E-state index contributed by atoms with van der Waals surface area (Å²) >= 11 is 3.39. The molecular weight excluding hydrogens is 369 g/mol. The lowest BCUT2D eigenvalue weighted by Crippen LogP contribution is -2.12. The lowest BCUT2D eigenvalue weighted by atomic mass is 9.97. The van der Waals surface area contributed by atoms with Crippen LogP contribution in [0.5, 0.6) is 0 Å². The number of carbonyl (C=O) groups is 1. The first-order chi connectivity index (χ1) is 12.7. The molecule has 3 aromatic rings. The predicted octanol–water partition coefficient (Wildman–Crippen LogP) is 4.83. The van der Waals surface area contributed by atoms with E-state index in [0.717, 1.165) is 22.7 Å². The van der Waals surface area contributed by atoms with Gasteiger partial charge in [0.05, 0.1) is 0 Å². The Morgan fingerprint density at radius 2 is 2.00 bits per heavy atom. The first kappa shape index (κ1) is 17.4. The highest BCUT2D eigenvalue weighted by Crippen LogP contribution is 2.39. The SMILES string of the molecule is O=C(CCSc1ncnc2sc3c(c12)CCCC3)Nc1ccc(F)cc1. The Kier molecular flexibility index (Phi) is 5.17. The molecule has 0 radical (unpaired) electrons. The Balaban J connectivity index is 1.41. The number of hydrogen-bond donors (Lipinski definition) is 1. The molecule has 4 rings (SSSR count). The molecule has 0 atom stereocenters. The minimum atomic E-state index is -0.314. The number of aromatic nitrogens is 2. The molecule has 0 fully saturated rings. The lowest BCUT2D eigenvalue weighted by molar-refractivity contribution is -0.115. The van der Waals surface area contributed by atoms with Crippen LogP contribution in [0.25, 0.3) is 10.2 Å². The van der Waals surface area contributed by atoms with Crippen molar-refractivity contribution < 1.29 is 9.18 Å². The molecule has 4 nitrogen and oxygen atoms in total. The van der Waals surface area contributed by atoms with Crippen molar-refractivity contribution in [3.05, 3.63) is 46.9 Å². The largest absolute Gasteiger partial charge is 0.326 e. The molecule has 1 N–H and O–H groups in total. The van der Waals surface area contributed by atoms with Crippen LogP contribution in [0, 0.1) is 5.82 Å². The summed E-state index contributed by atoms with van der Waals surface area (Å²) in [6.45, 7) is 0. The van der Waals surface area contributed by atoms with Crippen LogP contribution in [0.1, 0.15) is 29.7 Å². The van der Waals surface area contributed by atoms with Gasteiger partial charge in [0.2, 0.25) is 5.91 Å². The molecule has 26 heavy (non-hydrogen) atoms. The van der Waals surface area contributed by atoms with Gasteiger partial charge in [0, 0.05) is 28.1 Å². The Morgan fingerprint density at radius 1 is 1.19 bits per heavy atom. The molecule has 1 aliphatic rings. The van der Waals surface area contributed by atoms with Crippen LogP contribution in [-0.4, -0.2) is 21.6 Å². The van der Waals surface area contributed by atoms with E-state index in [1.54, 1.807) is 41.6 Å². The molecule has 7 heteroatoms. The minimum absolute atomic E-state index is 0.0817. The summed E-state index contributed by atoms with van der Waals surface area (Å²) in [4.78, 5) is 23.5. The van der Waals surface area contributed by atoms with Crippen molar-refractivity contribution in [2.24, 2.45) is 0 Å². The molecule has 0 spiro atoms. The first-order valence-electron chi connectivity index (χ1n) is 8.64. The highest BCUT2D eigenvalue weighted by Gasteiger charge is 2.20. The standard InChI is InChI=1S/C19H18FN3OS2/c20-12-5-7-13(8-6-12)23-16(24)9-10-25-18-17-14-3-1-2-4-15(14)26-19(17)22-11-21-18/h5-8,11H,1-4,9-10H2,(H,23,24). The summed E-state index contributed by atoms with van der Waals surface area (Å²) in [6, 6.07) is 5.79. The average Bonchev–Trinajstić information content (AvgIpc) is 3.03. The van der Waals surface area contributed by atoms with Crippen molar-refractivity contribution in [3.63, 3.8) is 0 Å². The normalized spacial score (nSPS) is 13.6. The number of rotatable bonds is 5. The topological polar surface area (TPSA) is 54.9 Å². The van der Waals surface area contributed by atoms with E-state index in [-0.39, 0.29) is 11.7 Å². The van der Waals surface area contributed by atoms with Crippen molar-refractivity contribution in [1.82, 2.24) is 9.97 Å². The number of fused-ring (bicyclic) bond motifs is 3. The van der Waals surface area contributed by atoms with Crippen molar-refractivity contribution in [2.45, 2.75) is 37.1 Å². The van der Waals surface area contributed by atoms with E-state index in [1.807, 2.05) is 0 Å². The number of amides is 1. The second-order valence-corrected chi connectivity index (χ2v) is 8.39. The molecule has 0 unspecified atom stereocenters. The Morgan fingerprint density at radius 3 is 2.85 bits per heavy atom. The summed E-state index contributed by atoms with van der Waals surface area (Å²) in [6.07, 6.45) is 6.70. The predicted molar refractivity (Wildman–Crippen MR) is 104 cm³/mol. The number of aryl methyl sites for hydroxylation is 2. The third-order valence-corrected chi connectivity index (χ3v) is 6.60. The van der Waals surface area contributed by atoms with Gasteiger partial charge in [-0.1, -0.05) is 0 Å². The van der Waals surface area contributed by atoms with Crippen LogP contribution in [0.4, 0.5) is 10.1 Å². The number of carbonyl (C=O) groups excluding carboxylic acids is 1. The molecule has 1 amide bonds. The van der Waals surface area contributed by atoms with Gasteiger partial charge in [-0.3, -0.25) is 4.79 Å². The molecule has 134 valence electrons. The molecule has 0 aliphatic heterocycles.